The normalized spacial score (nSPS) is 19.1. The molecule has 0 aliphatic heterocycles. The maximum absolute atomic E-state index is 13.3. The highest BCUT2D eigenvalue weighted by Crippen LogP contribution is 2.32. The number of halogens is 2. The van der Waals surface area contributed by atoms with E-state index >= 15 is 0 Å². The first-order valence-electron chi connectivity index (χ1n) is 5.18. The van der Waals surface area contributed by atoms with Crippen molar-refractivity contribution in [3.8, 4) is 0 Å². The summed E-state index contributed by atoms with van der Waals surface area (Å²) in [7, 11) is 0. The van der Waals surface area contributed by atoms with Crippen LogP contribution in [0.3, 0.4) is 0 Å². The van der Waals surface area contributed by atoms with Gasteiger partial charge in [-0.2, -0.15) is 0 Å². The predicted octanol–water partition coefficient (Wildman–Crippen LogP) is 3.10. The summed E-state index contributed by atoms with van der Waals surface area (Å²) < 4.78 is 25.9. The number of hydrogen-bond donors (Lipinski definition) is 1. The molecular formula is C11H14F2N2. The molecule has 1 N–H and O–H groups in total. The second-order valence-electron chi connectivity index (χ2n) is 4.38. The van der Waals surface area contributed by atoms with Gasteiger partial charge < -0.3 is 5.32 Å². The number of rotatable bonds is 2. The lowest BCUT2D eigenvalue weighted by atomic mass is 10.0. The van der Waals surface area contributed by atoms with Crippen LogP contribution in [0, 0.1) is 11.6 Å². The van der Waals surface area contributed by atoms with Gasteiger partial charge in [-0.25, -0.2) is 13.8 Å². The van der Waals surface area contributed by atoms with Gasteiger partial charge in [-0.15, -0.1) is 0 Å². The van der Waals surface area contributed by atoms with Crippen LogP contribution in [0.2, 0.25) is 0 Å². The van der Waals surface area contributed by atoms with E-state index in [1.165, 1.54) is 0 Å². The zero-order valence-electron chi connectivity index (χ0n) is 8.69. The van der Waals surface area contributed by atoms with Crippen LogP contribution in [-0.4, -0.2) is 10.5 Å². The molecule has 1 aliphatic rings. The van der Waals surface area contributed by atoms with Crippen LogP contribution in [0.5, 0.6) is 0 Å². The van der Waals surface area contributed by atoms with E-state index in [-0.39, 0.29) is 11.4 Å². The molecule has 1 fully saturated rings. The average Bonchev–Trinajstić information content (AvgIpc) is 2.58. The van der Waals surface area contributed by atoms with E-state index in [9.17, 15) is 8.78 Å². The second kappa shape index (κ2) is 3.76. The molecule has 1 aromatic heterocycles. The Kier molecular flexibility index (Phi) is 2.59. The topological polar surface area (TPSA) is 24.9 Å². The molecule has 0 aromatic carbocycles. The standard InChI is InChI=1S/C11H14F2N2/c1-11(4-2-3-5-11)15-10-9(13)6-8(12)7-14-10/h6-7H,2-5H2,1H3,(H,14,15). The Morgan fingerprint density at radius 1 is 1.33 bits per heavy atom. The number of nitrogens with one attached hydrogen (secondary N) is 1. The van der Waals surface area contributed by atoms with Crippen LogP contribution in [0.25, 0.3) is 0 Å². The summed E-state index contributed by atoms with van der Waals surface area (Å²) in [4.78, 5) is 3.73. The zero-order chi connectivity index (χ0) is 10.9. The maximum atomic E-state index is 13.3. The number of nitrogens with zero attached hydrogens (tertiary/aromatic N) is 1. The lowest BCUT2D eigenvalue weighted by molar-refractivity contribution is 0.516. The molecule has 1 saturated carbocycles. The van der Waals surface area contributed by atoms with Crippen molar-refractivity contribution in [1.82, 2.24) is 4.98 Å². The van der Waals surface area contributed by atoms with Gasteiger partial charge in [0.25, 0.3) is 0 Å². The Labute approximate surface area is 87.7 Å². The first-order chi connectivity index (χ1) is 7.09. The van der Waals surface area contributed by atoms with E-state index in [1.807, 2.05) is 6.92 Å². The lowest BCUT2D eigenvalue weighted by Crippen LogP contribution is -2.31. The van der Waals surface area contributed by atoms with Gasteiger partial charge in [0.15, 0.2) is 11.6 Å². The van der Waals surface area contributed by atoms with Gasteiger partial charge in [-0.05, 0) is 19.8 Å². The maximum Gasteiger partial charge on any atom is 0.168 e. The van der Waals surface area contributed by atoms with Crippen LogP contribution >= 0.6 is 0 Å². The summed E-state index contributed by atoms with van der Waals surface area (Å²) in [5.74, 6) is -1.11. The van der Waals surface area contributed by atoms with Gasteiger partial charge >= 0.3 is 0 Å². The van der Waals surface area contributed by atoms with Gasteiger partial charge in [0.2, 0.25) is 0 Å². The van der Waals surface area contributed by atoms with E-state index in [2.05, 4.69) is 10.3 Å². The third-order valence-corrected chi connectivity index (χ3v) is 2.94. The van der Waals surface area contributed by atoms with Gasteiger partial charge in [0, 0.05) is 11.6 Å². The zero-order valence-corrected chi connectivity index (χ0v) is 8.69. The van der Waals surface area contributed by atoms with E-state index in [0.29, 0.717) is 0 Å². The molecule has 15 heavy (non-hydrogen) atoms. The van der Waals surface area contributed by atoms with E-state index < -0.39 is 11.6 Å². The molecular weight excluding hydrogens is 198 g/mol. The largest absolute Gasteiger partial charge is 0.362 e. The minimum absolute atomic E-state index is 0.0916. The fourth-order valence-corrected chi connectivity index (χ4v) is 2.07. The Balaban J connectivity index is 2.16. The van der Waals surface area contributed by atoms with Crippen molar-refractivity contribution in [3.05, 3.63) is 23.9 Å². The minimum Gasteiger partial charge on any atom is -0.362 e. The smallest absolute Gasteiger partial charge is 0.168 e. The first-order valence-corrected chi connectivity index (χ1v) is 5.18. The first kappa shape index (κ1) is 10.3. The number of pyridine rings is 1. The Morgan fingerprint density at radius 2 is 2.00 bits per heavy atom. The van der Waals surface area contributed by atoms with Crippen molar-refractivity contribution in [2.45, 2.75) is 38.1 Å². The monoisotopic (exact) mass is 212 g/mol. The molecule has 1 aliphatic carbocycles. The predicted molar refractivity (Wildman–Crippen MR) is 54.6 cm³/mol. The Morgan fingerprint density at radius 3 is 2.60 bits per heavy atom. The number of hydrogen-bond acceptors (Lipinski definition) is 2. The molecule has 4 heteroatoms. The molecule has 1 aromatic rings. The SMILES string of the molecule is CC1(Nc2ncc(F)cc2F)CCCC1. The fourth-order valence-electron chi connectivity index (χ4n) is 2.07. The van der Waals surface area contributed by atoms with Crippen molar-refractivity contribution in [3.63, 3.8) is 0 Å². The summed E-state index contributed by atoms with van der Waals surface area (Å²) in [5, 5.41) is 3.06. The van der Waals surface area contributed by atoms with Crippen LogP contribution < -0.4 is 5.32 Å². The Bertz CT molecular complexity index is 360. The van der Waals surface area contributed by atoms with Crippen molar-refractivity contribution in [1.29, 1.82) is 0 Å². The summed E-state index contributed by atoms with van der Waals surface area (Å²) in [6.45, 7) is 2.05. The van der Waals surface area contributed by atoms with Crippen LogP contribution in [0.15, 0.2) is 12.3 Å². The highest BCUT2D eigenvalue weighted by atomic mass is 19.1. The van der Waals surface area contributed by atoms with Crippen molar-refractivity contribution in [2.24, 2.45) is 0 Å². The Hall–Kier alpha value is -1.19. The van der Waals surface area contributed by atoms with E-state index in [1.54, 1.807) is 0 Å². The van der Waals surface area contributed by atoms with Crippen molar-refractivity contribution < 1.29 is 8.78 Å². The van der Waals surface area contributed by atoms with Crippen LogP contribution in [0.4, 0.5) is 14.6 Å². The van der Waals surface area contributed by atoms with Crippen LogP contribution in [-0.2, 0) is 0 Å². The highest BCUT2D eigenvalue weighted by molar-refractivity contribution is 5.39. The molecule has 2 rings (SSSR count). The minimum atomic E-state index is -0.644. The molecule has 1 heterocycles. The van der Waals surface area contributed by atoms with Crippen molar-refractivity contribution >= 4 is 5.82 Å². The summed E-state index contributed by atoms with van der Waals surface area (Å²) in [6, 6.07) is 0.855. The molecule has 0 amide bonds. The van der Waals surface area contributed by atoms with E-state index in [4.69, 9.17) is 0 Å². The average molecular weight is 212 g/mol. The molecule has 0 spiro atoms. The van der Waals surface area contributed by atoms with E-state index in [0.717, 1.165) is 37.9 Å². The quantitative estimate of drug-likeness (QED) is 0.814. The third kappa shape index (κ3) is 2.25. The molecule has 2 nitrogen and oxygen atoms in total. The molecule has 0 unspecified atom stereocenters. The third-order valence-electron chi connectivity index (χ3n) is 2.94. The summed E-state index contributed by atoms with van der Waals surface area (Å²) in [6.07, 6.45) is 5.33. The molecule has 82 valence electrons. The number of aromatic nitrogens is 1. The van der Waals surface area contributed by atoms with Gasteiger partial charge in [0.05, 0.1) is 6.20 Å². The lowest BCUT2D eigenvalue weighted by Gasteiger charge is -2.26. The molecule has 0 atom stereocenters. The van der Waals surface area contributed by atoms with Gasteiger partial charge in [0.1, 0.15) is 5.82 Å². The fraction of sp³-hybridized carbons (Fsp3) is 0.545. The summed E-state index contributed by atoms with van der Waals surface area (Å²) >= 11 is 0. The number of anilines is 1. The van der Waals surface area contributed by atoms with Gasteiger partial charge in [-0.3, -0.25) is 0 Å². The molecule has 0 bridgehead atoms. The van der Waals surface area contributed by atoms with Crippen LogP contribution in [0.1, 0.15) is 32.6 Å². The van der Waals surface area contributed by atoms with Crippen molar-refractivity contribution in [2.75, 3.05) is 5.32 Å². The van der Waals surface area contributed by atoms with Gasteiger partial charge in [-0.1, -0.05) is 12.8 Å². The highest BCUT2D eigenvalue weighted by Gasteiger charge is 2.29. The second-order valence-corrected chi connectivity index (χ2v) is 4.38. The molecule has 0 radical (unpaired) electrons. The molecule has 0 saturated heterocycles. The summed E-state index contributed by atoms with van der Waals surface area (Å²) in [5.41, 5.74) is -0.0916.